The molecule has 0 saturated carbocycles. The van der Waals surface area contributed by atoms with Gasteiger partial charge in [-0.25, -0.2) is 13.2 Å². The van der Waals surface area contributed by atoms with Gasteiger partial charge in [0.25, 0.3) is 5.56 Å². The standard InChI is InChI=1S/C23H30N2O6S/c1-23(2,3)16-30-22(27)24-12-9-18(10-13-24)31-19-11-14-25(21(26)15-19)17-5-7-20(8-6-17)32(4,28)29/h5-8,11,14-15,18H,9-10,12-13,16H2,1-4H3. The maximum absolute atomic E-state index is 12.6. The van der Waals surface area contributed by atoms with Crippen molar-refractivity contribution < 1.29 is 22.7 Å². The highest BCUT2D eigenvalue weighted by Gasteiger charge is 2.26. The van der Waals surface area contributed by atoms with Crippen LogP contribution in [0.1, 0.15) is 33.6 Å². The summed E-state index contributed by atoms with van der Waals surface area (Å²) in [7, 11) is -3.29. The van der Waals surface area contributed by atoms with Crippen molar-refractivity contribution in [3.8, 4) is 11.4 Å². The zero-order valence-corrected chi connectivity index (χ0v) is 19.7. The van der Waals surface area contributed by atoms with Gasteiger partial charge >= 0.3 is 6.09 Å². The van der Waals surface area contributed by atoms with Crippen LogP contribution in [-0.2, 0) is 14.6 Å². The Hall–Kier alpha value is -2.81. The minimum absolute atomic E-state index is 0.0763. The van der Waals surface area contributed by atoms with Gasteiger partial charge in [-0.1, -0.05) is 20.8 Å². The molecule has 8 nitrogen and oxygen atoms in total. The van der Waals surface area contributed by atoms with Crippen LogP contribution in [0.4, 0.5) is 4.79 Å². The molecule has 1 aromatic heterocycles. The number of nitrogens with zero attached hydrogens (tertiary/aromatic N) is 2. The quantitative estimate of drug-likeness (QED) is 0.677. The minimum atomic E-state index is -3.29. The largest absolute Gasteiger partial charge is 0.490 e. The molecule has 0 atom stereocenters. The molecule has 1 aromatic carbocycles. The molecular weight excluding hydrogens is 432 g/mol. The maximum Gasteiger partial charge on any atom is 0.409 e. The molecule has 0 bridgehead atoms. The van der Waals surface area contributed by atoms with Gasteiger partial charge in [0.15, 0.2) is 9.84 Å². The monoisotopic (exact) mass is 462 g/mol. The van der Waals surface area contributed by atoms with Crippen molar-refractivity contribution >= 4 is 15.9 Å². The second kappa shape index (κ2) is 9.36. The number of hydrogen-bond donors (Lipinski definition) is 0. The molecule has 1 fully saturated rings. The number of rotatable bonds is 5. The summed E-state index contributed by atoms with van der Waals surface area (Å²) in [5.74, 6) is 0.466. The first kappa shape index (κ1) is 23.8. The van der Waals surface area contributed by atoms with Crippen molar-refractivity contribution in [1.29, 1.82) is 0 Å². The molecule has 1 aliphatic rings. The van der Waals surface area contributed by atoms with Crippen molar-refractivity contribution in [1.82, 2.24) is 9.47 Å². The fourth-order valence-corrected chi connectivity index (χ4v) is 3.95. The van der Waals surface area contributed by atoms with Crippen molar-refractivity contribution in [3.63, 3.8) is 0 Å². The van der Waals surface area contributed by atoms with Crippen molar-refractivity contribution in [3.05, 3.63) is 52.9 Å². The van der Waals surface area contributed by atoms with Crippen LogP contribution in [0.15, 0.2) is 52.3 Å². The zero-order valence-electron chi connectivity index (χ0n) is 18.9. The Kier molecular flexibility index (Phi) is 6.97. The molecule has 3 rings (SSSR count). The predicted molar refractivity (Wildman–Crippen MR) is 121 cm³/mol. The van der Waals surface area contributed by atoms with Crippen LogP contribution in [0.25, 0.3) is 5.69 Å². The molecular formula is C23H30N2O6S. The van der Waals surface area contributed by atoms with E-state index in [1.165, 1.54) is 22.8 Å². The Bertz CT molecular complexity index is 1110. The van der Waals surface area contributed by atoms with Crippen molar-refractivity contribution in [2.24, 2.45) is 5.41 Å². The number of sulfone groups is 1. The zero-order chi connectivity index (χ0) is 23.5. The number of carbonyl (C=O) groups excluding carboxylic acids is 1. The number of carbonyl (C=O) groups is 1. The van der Waals surface area contributed by atoms with Crippen LogP contribution in [0.2, 0.25) is 0 Å². The van der Waals surface area contributed by atoms with Crippen LogP contribution >= 0.6 is 0 Å². The highest BCUT2D eigenvalue weighted by atomic mass is 32.2. The molecule has 0 spiro atoms. The molecule has 1 aliphatic heterocycles. The van der Waals surface area contributed by atoms with Crippen LogP contribution in [0.3, 0.4) is 0 Å². The lowest BCUT2D eigenvalue weighted by Gasteiger charge is -2.32. The van der Waals surface area contributed by atoms with E-state index in [9.17, 15) is 18.0 Å². The number of likely N-dealkylation sites (tertiary alicyclic amines) is 1. The van der Waals surface area contributed by atoms with Crippen molar-refractivity contribution in [2.45, 2.75) is 44.6 Å². The predicted octanol–water partition coefficient (Wildman–Crippen LogP) is 3.27. The number of benzene rings is 1. The van der Waals surface area contributed by atoms with Gasteiger partial charge in [0.05, 0.1) is 11.5 Å². The number of aromatic nitrogens is 1. The summed E-state index contributed by atoms with van der Waals surface area (Å²) >= 11 is 0. The van der Waals surface area contributed by atoms with E-state index in [1.807, 2.05) is 20.8 Å². The van der Waals surface area contributed by atoms with Crippen LogP contribution in [0.5, 0.6) is 5.75 Å². The van der Waals surface area contributed by atoms with E-state index in [-0.39, 0.29) is 28.1 Å². The summed E-state index contributed by atoms with van der Waals surface area (Å²) in [6, 6.07) is 9.24. The van der Waals surface area contributed by atoms with Gasteiger partial charge in [0.1, 0.15) is 11.9 Å². The third-order valence-corrected chi connectivity index (χ3v) is 6.19. The lowest BCUT2D eigenvalue weighted by Crippen LogP contribution is -2.42. The molecule has 1 saturated heterocycles. The lowest BCUT2D eigenvalue weighted by atomic mass is 9.99. The summed E-state index contributed by atoms with van der Waals surface area (Å²) in [5.41, 5.74) is 0.210. The fourth-order valence-electron chi connectivity index (χ4n) is 3.32. The first-order valence-electron chi connectivity index (χ1n) is 10.5. The number of piperidine rings is 1. The minimum Gasteiger partial charge on any atom is -0.490 e. The van der Waals surface area contributed by atoms with E-state index < -0.39 is 9.84 Å². The third-order valence-electron chi connectivity index (χ3n) is 5.07. The number of pyridine rings is 1. The van der Waals surface area contributed by atoms with E-state index in [0.29, 0.717) is 44.0 Å². The van der Waals surface area contributed by atoms with Crippen LogP contribution in [-0.4, -0.2) is 56.0 Å². The van der Waals surface area contributed by atoms with Gasteiger partial charge in [0, 0.05) is 50.1 Å². The van der Waals surface area contributed by atoms with Gasteiger partial charge in [-0.15, -0.1) is 0 Å². The number of hydrogen-bond acceptors (Lipinski definition) is 6. The molecule has 2 heterocycles. The second-order valence-corrected chi connectivity index (χ2v) is 11.3. The normalized spacial score (nSPS) is 15.4. The first-order valence-corrected chi connectivity index (χ1v) is 12.4. The Morgan fingerprint density at radius 1 is 1.09 bits per heavy atom. The van der Waals surface area contributed by atoms with Crippen molar-refractivity contribution in [2.75, 3.05) is 26.0 Å². The highest BCUT2D eigenvalue weighted by molar-refractivity contribution is 7.90. The Morgan fingerprint density at radius 2 is 1.72 bits per heavy atom. The van der Waals surface area contributed by atoms with Gasteiger partial charge in [-0.2, -0.15) is 0 Å². The average molecular weight is 463 g/mol. The topological polar surface area (TPSA) is 94.9 Å². The fraction of sp³-hybridized carbons (Fsp3) is 0.478. The molecule has 0 N–H and O–H groups in total. The van der Waals surface area contributed by atoms with Crippen LogP contribution < -0.4 is 10.3 Å². The van der Waals surface area contributed by atoms with Gasteiger partial charge in [0.2, 0.25) is 0 Å². The molecule has 1 amide bonds. The maximum atomic E-state index is 12.6. The van der Waals surface area contributed by atoms with E-state index in [4.69, 9.17) is 9.47 Å². The van der Waals surface area contributed by atoms with E-state index in [1.54, 1.807) is 29.3 Å². The number of ether oxygens (including phenoxy) is 2. The molecule has 2 aromatic rings. The Balaban J connectivity index is 1.58. The van der Waals surface area contributed by atoms with E-state index in [0.717, 1.165) is 6.26 Å². The summed E-state index contributed by atoms with van der Waals surface area (Å²) in [6.45, 7) is 7.49. The second-order valence-electron chi connectivity index (χ2n) is 9.26. The summed E-state index contributed by atoms with van der Waals surface area (Å²) in [4.78, 5) is 26.6. The Morgan fingerprint density at radius 3 is 2.25 bits per heavy atom. The third kappa shape index (κ3) is 6.35. The lowest BCUT2D eigenvalue weighted by molar-refractivity contribution is 0.0497. The molecule has 9 heteroatoms. The van der Waals surface area contributed by atoms with E-state index in [2.05, 4.69) is 0 Å². The summed E-state index contributed by atoms with van der Waals surface area (Å²) < 4.78 is 35.9. The molecule has 0 radical (unpaired) electrons. The average Bonchev–Trinajstić information content (AvgIpc) is 2.72. The molecule has 0 aliphatic carbocycles. The van der Waals surface area contributed by atoms with Gasteiger partial charge in [-0.05, 0) is 35.7 Å². The molecule has 174 valence electrons. The highest BCUT2D eigenvalue weighted by Crippen LogP contribution is 2.20. The SMILES string of the molecule is CC(C)(C)COC(=O)N1CCC(Oc2ccn(-c3ccc(S(C)(=O)=O)cc3)c(=O)c2)CC1. The molecule has 32 heavy (non-hydrogen) atoms. The van der Waals surface area contributed by atoms with Gasteiger partial charge < -0.3 is 14.4 Å². The van der Waals surface area contributed by atoms with E-state index >= 15 is 0 Å². The number of amides is 1. The molecule has 0 unspecified atom stereocenters. The first-order chi connectivity index (χ1) is 14.9. The van der Waals surface area contributed by atoms with Crippen LogP contribution in [0, 0.1) is 5.41 Å². The summed E-state index contributed by atoms with van der Waals surface area (Å²) in [5, 5.41) is 0. The summed E-state index contributed by atoms with van der Waals surface area (Å²) in [6.07, 6.45) is 3.65. The van der Waals surface area contributed by atoms with Gasteiger partial charge in [-0.3, -0.25) is 9.36 Å². The smallest absolute Gasteiger partial charge is 0.409 e. The Labute approximate surface area is 188 Å².